The molecule has 0 atom stereocenters. The first-order valence-electron chi connectivity index (χ1n) is 4.29. The molecule has 0 aliphatic heterocycles. The minimum Gasteiger partial charge on any atom is -0.496 e. The highest BCUT2D eigenvalue weighted by atomic mass is 19.3. The number of nitrogens with one attached hydrogen (secondary N) is 1. The Labute approximate surface area is 81.9 Å². The third-order valence-electron chi connectivity index (χ3n) is 1.93. The lowest BCUT2D eigenvalue weighted by Crippen LogP contribution is -2.07. The van der Waals surface area contributed by atoms with E-state index >= 15 is 0 Å². The van der Waals surface area contributed by atoms with Gasteiger partial charge in [-0.15, -0.1) is 0 Å². The van der Waals surface area contributed by atoms with Crippen LogP contribution >= 0.6 is 0 Å². The zero-order valence-electron chi connectivity index (χ0n) is 8.18. The molecule has 0 heterocycles. The zero-order valence-corrected chi connectivity index (χ0v) is 8.18. The number of hydrogen-bond acceptors (Lipinski definition) is 2. The van der Waals surface area contributed by atoms with E-state index in [4.69, 9.17) is 4.74 Å². The maximum absolute atomic E-state index is 12.5. The highest BCUT2D eigenvalue weighted by Crippen LogP contribution is 2.31. The maximum atomic E-state index is 12.5. The van der Waals surface area contributed by atoms with E-state index in [-0.39, 0.29) is 11.3 Å². The molecule has 0 bridgehead atoms. The van der Waals surface area contributed by atoms with Crippen molar-refractivity contribution in [2.45, 2.75) is 13.0 Å². The summed E-state index contributed by atoms with van der Waals surface area (Å²) < 4.78 is 30.0. The van der Waals surface area contributed by atoms with Gasteiger partial charge in [-0.1, -0.05) is 12.1 Å². The molecule has 2 nitrogen and oxygen atoms in total. The Bertz CT molecular complexity index is 302. The fraction of sp³-hybridized carbons (Fsp3) is 0.400. The van der Waals surface area contributed by atoms with E-state index in [1.54, 1.807) is 19.2 Å². The number of methoxy groups -OCH3 is 1. The van der Waals surface area contributed by atoms with Crippen molar-refractivity contribution in [2.75, 3.05) is 14.2 Å². The Balaban J connectivity index is 3.11. The van der Waals surface area contributed by atoms with Gasteiger partial charge in [0.1, 0.15) is 5.75 Å². The molecule has 0 unspecified atom stereocenters. The van der Waals surface area contributed by atoms with E-state index in [1.807, 2.05) is 0 Å². The molecule has 0 saturated carbocycles. The van der Waals surface area contributed by atoms with Gasteiger partial charge in [0.05, 0.1) is 12.7 Å². The van der Waals surface area contributed by atoms with Gasteiger partial charge in [0.15, 0.2) is 0 Å². The summed E-state index contributed by atoms with van der Waals surface area (Å²) in [5.41, 5.74) is 0.688. The van der Waals surface area contributed by atoms with Crippen LogP contribution in [0.25, 0.3) is 0 Å². The van der Waals surface area contributed by atoms with Gasteiger partial charge in [0.25, 0.3) is 6.43 Å². The largest absolute Gasteiger partial charge is 0.496 e. The van der Waals surface area contributed by atoms with Gasteiger partial charge in [-0.25, -0.2) is 8.78 Å². The number of halogens is 2. The molecule has 4 heteroatoms. The number of para-hydroxylation sites is 1. The van der Waals surface area contributed by atoms with Crippen molar-refractivity contribution in [3.8, 4) is 5.75 Å². The standard InChI is InChI=1S/C10H13F2NO/c1-13-6-7-4-3-5-8(10(11)12)9(7)14-2/h3-5,10,13H,6H2,1-2H3. The molecule has 0 amide bonds. The first kappa shape index (κ1) is 10.9. The lowest BCUT2D eigenvalue weighted by molar-refractivity contribution is 0.147. The Morgan fingerprint density at radius 2 is 2.14 bits per heavy atom. The second kappa shape index (κ2) is 4.91. The minimum atomic E-state index is -2.50. The maximum Gasteiger partial charge on any atom is 0.267 e. The van der Waals surface area contributed by atoms with Crippen LogP contribution in [0.3, 0.4) is 0 Å². The molecule has 14 heavy (non-hydrogen) atoms. The summed E-state index contributed by atoms with van der Waals surface area (Å²) in [6, 6.07) is 4.75. The van der Waals surface area contributed by atoms with Crippen LogP contribution in [0.2, 0.25) is 0 Å². The molecule has 0 radical (unpaired) electrons. The fourth-order valence-electron chi connectivity index (χ4n) is 1.36. The summed E-state index contributed by atoms with van der Waals surface area (Å²) in [5.74, 6) is 0.275. The Hall–Kier alpha value is -1.16. The van der Waals surface area contributed by atoms with Gasteiger partial charge in [-0.3, -0.25) is 0 Å². The molecule has 0 fully saturated rings. The third-order valence-corrected chi connectivity index (χ3v) is 1.93. The third kappa shape index (κ3) is 2.20. The van der Waals surface area contributed by atoms with Gasteiger partial charge < -0.3 is 10.1 Å². The summed E-state index contributed by atoms with van der Waals surface area (Å²) in [6.45, 7) is 0.518. The summed E-state index contributed by atoms with van der Waals surface area (Å²) in [5, 5.41) is 2.90. The van der Waals surface area contributed by atoms with Crippen LogP contribution in [0.5, 0.6) is 5.75 Å². The zero-order chi connectivity index (χ0) is 10.6. The number of hydrogen-bond donors (Lipinski definition) is 1. The summed E-state index contributed by atoms with van der Waals surface area (Å²) in [6.07, 6.45) is -2.50. The van der Waals surface area contributed by atoms with E-state index in [9.17, 15) is 8.78 Å². The molecule has 1 aromatic rings. The summed E-state index contributed by atoms with van der Waals surface area (Å²) in [4.78, 5) is 0. The molecule has 1 rings (SSSR count). The first-order chi connectivity index (χ1) is 6.70. The van der Waals surface area contributed by atoms with Crippen molar-refractivity contribution in [2.24, 2.45) is 0 Å². The molecule has 1 N–H and O–H groups in total. The van der Waals surface area contributed by atoms with Crippen LogP contribution in [0, 0.1) is 0 Å². The first-order valence-corrected chi connectivity index (χ1v) is 4.29. The van der Waals surface area contributed by atoms with Crippen molar-refractivity contribution < 1.29 is 13.5 Å². The molecule has 78 valence electrons. The SMILES string of the molecule is CNCc1cccc(C(F)F)c1OC. The van der Waals surface area contributed by atoms with Gasteiger partial charge in [-0.2, -0.15) is 0 Å². The van der Waals surface area contributed by atoms with Crippen LogP contribution in [0.1, 0.15) is 17.6 Å². The Kier molecular flexibility index (Phi) is 3.83. The van der Waals surface area contributed by atoms with Crippen molar-refractivity contribution in [3.05, 3.63) is 29.3 Å². The second-order valence-electron chi connectivity index (χ2n) is 2.87. The molecular formula is C10H13F2NO. The molecule has 0 aliphatic rings. The van der Waals surface area contributed by atoms with Crippen LogP contribution in [-0.4, -0.2) is 14.2 Å². The van der Waals surface area contributed by atoms with E-state index in [0.29, 0.717) is 6.54 Å². The van der Waals surface area contributed by atoms with Crippen LogP contribution in [-0.2, 0) is 6.54 Å². The normalized spacial score (nSPS) is 10.6. The molecule has 0 aliphatic carbocycles. The topological polar surface area (TPSA) is 21.3 Å². The minimum absolute atomic E-state index is 0.0553. The van der Waals surface area contributed by atoms with E-state index in [1.165, 1.54) is 13.2 Å². The number of ether oxygens (including phenoxy) is 1. The highest BCUT2D eigenvalue weighted by Gasteiger charge is 2.15. The van der Waals surface area contributed by atoms with Crippen LogP contribution < -0.4 is 10.1 Å². The number of alkyl halides is 2. The van der Waals surface area contributed by atoms with E-state index in [0.717, 1.165) is 5.56 Å². The van der Waals surface area contributed by atoms with Gasteiger partial charge in [-0.05, 0) is 13.1 Å². The quantitative estimate of drug-likeness (QED) is 0.807. The molecule has 0 saturated heterocycles. The number of rotatable bonds is 4. The smallest absolute Gasteiger partial charge is 0.267 e. The van der Waals surface area contributed by atoms with Gasteiger partial charge in [0, 0.05) is 12.1 Å². The summed E-state index contributed by atoms with van der Waals surface area (Å²) in [7, 11) is 3.16. The molecular weight excluding hydrogens is 188 g/mol. The van der Waals surface area contributed by atoms with Crippen molar-refractivity contribution in [1.29, 1.82) is 0 Å². The van der Waals surface area contributed by atoms with Gasteiger partial charge in [0.2, 0.25) is 0 Å². The lowest BCUT2D eigenvalue weighted by Gasteiger charge is -2.12. The van der Waals surface area contributed by atoms with Crippen LogP contribution in [0.15, 0.2) is 18.2 Å². The molecule has 0 spiro atoms. The molecule has 1 aromatic carbocycles. The summed E-state index contributed by atoms with van der Waals surface area (Å²) >= 11 is 0. The van der Waals surface area contributed by atoms with E-state index < -0.39 is 6.43 Å². The Morgan fingerprint density at radius 1 is 1.43 bits per heavy atom. The van der Waals surface area contributed by atoms with Crippen molar-refractivity contribution in [1.82, 2.24) is 5.32 Å². The highest BCUT2D eigenvalue weighted by molar-refractivity contribution is 5.42. The van der Waals surface area contributed by atoms with E-state index in [2.05, 4.69) is 5.32 Å². The average molecular weight is 201 g/mol. The second-order valence-corrected chi connectivity index (χ2v) is 2.87. The lowest BCUT2D eigenvalue weighted by atomic mass is 10.1. The predicted molar refractivity (Wildman–Crippen MR) is 50.7 cm³/mol. The number of benzene rings is 1. The van der Waals surface area contributed by atoms with Gasteiger partial charge >= 0.3 is 0 Å². The van der Waals surface area contributed by atoms with Crippen molar-refractivity contribution >= 4 is 0 Å². The van der Waals surface area contributed by atoms with Crippen molar-refractivity contribution in [3.63, 3.8) is 0 Å². The monoisotopic (exact) mass is 201 g/mol. The molecule has 0 aromatic heterocycles. The Morgan fingerprint density at radius 3 is 2.64 bits per heavy atom. The predicted octanol–water partition coefficient (Wildman–Crippen LogP) is 2.35. The fourth-order valence-corrected chi connectivity index (χ4v) is 1.36. The average Bonchev–Trinajstić information content (AvgIpc) is 2.18. The van der Waals surface area contributed by atoms with Crippen LogP contribution in [0.4, 0.5) is 8.78 Å².